The second-order valence-electron chi connectivity index (χ2n) is 5.39. The summed E-state index contributed by atoms with van der Waals surface area (Å²) in [7, 11) is 0. The van der Waals surface area contributed by atoms with E-state index in [-0.39, 0.29) is 24.3 Å². The lowest BCUT2D eigenvalue weighted by Crippen LogP contribution is -2.38. The molecule has 0 spiro atoms. The fourth-order valence-electron chi connectivity index (χ4n) is 3.54. The molecule has 1 saturated heterocycles. The van der Waals surface area contributed by atoms with E-state index in [0.717, 1.165) is 25.4 Å². The van der Waals surface area contributed by atoms with Crippen LogP contribution in [0.5, 0.6) is 0 Å². The quantitative estimate of drug-likeness (QED) is 0.805. The molecule has 0 aromatic rings. The van der Waals surface area contributed by atoms with E-state index >= 15 is 0 Å². The van der Waals surface area contributed by atoms with Crippen molar-refractivity contribution >= 4 is 18.4 Å². The molecular formula is C14H26ClNO2. The molecule has 0 amide bonds. The number of ether oxygens (including phenoxy) is 1. The summed E-state index contributed by atoms with van der Waals surface area (Å²) in [4.78, 5) is 12.0. The largest absolute Gasteiger partial charge is 0.466 e. The van der Waals surface area contributed by atoms with Crippen LogP contribution in [0, 0.1) is 17.8 Å². The smallest absolute Gasteiger partial charge is 0.309 e. The van der Waals surface area contributed by atoms with Crippen molar-refractivity contribution in [1.29, 1.82) is 0 Å². The summed E-state index contributed by atoms with van der Waals surface area (Å²) in [6.45, 7) is 4.67. The summed E-state index contributed by atoms with van der Waals surface area (Å²) in [6.07, 6.45) is 7.25. The van der Waals surface area contributed by atoms with Gasteiger partial charge in [-0.1, -0.05) is 12.8 Å². The predicted octanol–water partition coefficient (Wildman–Crippen LogP) is 2.78. The Morgan fingerprint density at radius 3 is 2.50 bits per heavy atom. The lowest BCUT2D eigenvalue weighted by Gasteiger charge is -2.37. The van der Waals surface area contributed by atoms with Crippen LogP contribution < -0.4 is 5.32 Å². The fraction of sp³-hybridized carbons (Fsp3) is 0.929. The van der Waals surface area contributed by atoms with E-state index < -0.39 is 0 Å². The van der Waals surface area contributed by atoms with Gasteiger partial charge >= 0.3 is 5.97 Å². The second-order valence-corrected chi connectivity index (χ2v) is 5.39. The molecule has 0 radical (unpaired) electrons. The normalized spacial score (nSPS) is 29.4. The van der Waals surface area contributed by atoms with Gasteiger partial charge in [0.2, 0.25) is 0 Å². The molecule has 18 heavy (non-hydrogen) atoms. The first-order valence-electron chi connectivity index (χ1n) is 7.20. The molecule has 2 aliphatic rings. The van der Waals surface area contributed by atoms with Crippen LogP contribution in [0.15, 0.2) is 0 Å². The Kier molecular flexibility index (Phi) is 7.02. The Morgan fingerprint density at radius 2 is 1.83 bits per heavy atom. The third-order valence-electron chi connectivity index (χ3n) is 4.40. The zero-order valence-corrected chi connectivity index (χ0v) is 12.1. The van der Waals surface area contributed by atoms with Gasteiger partial charge in [0.25, 0.3) is 0 Å². The molecule has 1 aliphatic heterocycles. The van der Waals surface area contributed by atoms with Gasteiger partial charge in [0.05, 0.1) is 12.5 Å². The summed E-state index contributed by atoms with van der Waals surface area (Å²) < 4.78 is 5.25. The highest BCUT2D eigenvalue weighted by atomic mass is 35.5. The molecule has 2 atom stereocenters. The van der Waals surface area contributed by atoms with E-state index in [4.69, 9.17) is 4.74 Å². The Morgan fingerprint density at radius 1 is 1.17 bits per heavy atom. The molecule has 1 N–H and O–H groups in total. The summed E-state index contributed by atoms with van der Waals surface area (Å²) in [5, 5.41) is 3.41. The van der Waals surface area contributed by atoms with Crippen molar-refractivity contribution in [3.8, 4) is 0 Å². The average Bonchev–Trinajstić information content (AvgIpc) is 2.40. The second kappa shape index (κ2) is 8.00. The van der Waals surface area contributed by atoms with Crippen LogP contribution in [0.3, 0.4) is 0 Å². The van der Waals surface area contributed by atoms with Crippen LogP contribution >= 0.6 is 12.4 Å². The molecular weight excluding hydrogens is 250 g/mol. The van der Waals surface area contributed by atoms with Gasteiger partial charge in [-0.15, -0.1) is 12.4 Å². The zero-order chi connectivity index (χ0) is 12.1. The van der Waals surface area contributed by atoms with E-state index in [2.05, 4.69) is 5.32 Å². The number of halogens is 1. The molecule has 0 aromatic heterocycles. The van der Waals surface area contributed by atoms with Crippen LogP contribution in [0.2, 0.25) is 0 Å². The minimum Gasteiger partial charge on any atom is -0.466 e. The average molecular weight is 276 g/mol. The van der Waals surface area contributed by atoms with Crippen molar-refractivity contribution in [2.45, 2.75) is 45.4 Å². The minimum atomic E-state index is 0. The lowest BCUT2D eigenvalue weighted by molar-refractivity contribution is -0.152. The van der Waals surface area contributed by atoms with Crippen molar-refractivity contribution in [2.24, 2.45) is 17.8 Å². The first kappa shape index (κ1) is 15.8. The van der Waals surface area contributed by atoms with Crippen LogP contribution in [-0.2, 0) is 9.53 Å². The molecule has 2 unspecified atom stereocenters. The third-order valence-corrected chi connectivity index (χ3v) is 4.40. The van der Waals surface area contributed by atoms with Gasteiger partial charge in [-0.05, 0) is 57.5 Å². The number of esters is 1. The number of hydrogen-bond acceptors (Lipinski definition) is 3. The number of rotatable bonds is 3. The first-order chi connectivity index (χ1) is 8.33. The molecule has 2 rings (SSSR count). The van der Waals surface area contributed by atoms with Gasteiger partial charge in [-0.3, -0.25) is 4.79 Å². The molecule has 1 heterocycles. The Labute approximate surface area is 116 Å². The molecule has 0 aromatic carbocycles. The zero-order valence-electron chi connectivity index (χ0n) is 11.3. The maximum absolute atomic E-state index is 12.0. The van der Waals surface area contributed by atoms with Gasteiger partial charge in [0, 0.05) is 0 Å². The predicted molar refractivity (Wildman–Crippen MR) is 74.9 cm³/mol. The highest BCUT2D eigenvalue weighted by Crippen LogP contribution is 2.39. The fourth-order valence-corrected chi connectivity index (χ4v) is 3.54. The summed E-state index contributed by atoms with van der Waals surface area (Å²) in [6, 6.07) is 0. The summed E-state index contributed by atoms with van der Waals surface area (Å²) in [5.41, 5.74) is 0. The van der Waals surface area contributed by atoms with E-state index in [0.29, 0.717) is 12.5 Å². The van der Waals surface area contributed by atoms with Crippen LogP contribution in [0.25, 0.3) is 0 Å². The van der Waals surface area contributed by atoms with Gasteiger partial charge in [-0.25, -0.2) is 0 Å². The SMILES string of the molecule is CCOC(=O)C1CCCCC1C1CCNCC1.Cl. The first-order valence-corrected chi connectivity index (χ1v) is 7.20. The van der Waals surface area contributed by atoms with Gasteiger partial charge in [-0.2, -0.15) is 0 Å². The monoisotopic (exact) mass is 275 g/mol. The molecule has 1 saturated carbocycles. The Balaban J connectivity index is 0.00000162. The molecule has 1 aliphatic carbocycles. The van der Waals surface area contributed by atoms with Crippen LogP contribution in [0.4, 0.5) is 0 Å². The highest BCUT2D eigenvalue weighted by Gasteiger charge is 2.37. The van der Waals surface area contributed by atoms with E-state index in [1.807, 2.05) is 6.92 Å². The van der Waals surface area contributed by atoms with E-state index in [9.17, 15) is 4.79 Å². The lowest BCUT2D eigenvalue weighted by atomic mass is 9.69. The van der Waals surface area contributed by atoms with Crippen molar-refractivity contribution in [1.82, 2.24) is 5.32 Å². The van der Waals surface area contributed by atoms with Crippen molar-refractivity contribution < 1.29 is 9.53 Å². The van der Waals surface area contributed by atoms with Crippen LogP contribution in [0.1, 0.15) is 45.4 Å². The molecule has 106 valence electrons. The van der Waals surface area contributed by atoms with E-state index in [1.165, 1.54) is 32.1 Å². The summed E-state index contributed by atoms with van der Waals surface area (Å²) >= 11 is 0. The number of nitrogens with one attached hydrogen (secondary N) is 1. The topological polar surface area (TPSA) is 38.3 Å². The van der Waals surface area contributed by atoms with Crippen molar-refractivity contribution in [2.75, 3.05) is 19.7 Å². The minimum absolute atomic E-state index is 0. The number of carbonyl (C=O) groups excluding carboxylic acids is 1. The Hall–Kier alpha value is -0.280. The molecule has 4 heteroatoms. The maximum Gasteiger partial charge on any atom is 0.309 e. The molecule has 0 bridgehead atoms. The van der Waals surface area contributed by atoms with Gasteiger partial charge < -0.3 is 10.1 Å². The summed E-state index contributed by atoms with van der Waals surface area (Å²) in [5.74, 6) is 1.58. The van der Waals surface area contributed by atoms with Crippen molar-refractivity contribution in [3.05, 3.63) is 0 Å². The van der Waals surface area contributed by atoms with E-state index in [1.54, 1.807) is 0 Å². The van der Waals surface area contributed by atoms with Crippen molar-refractivity contribution in [3.63, 3.8) is 0 Å². The third kappa shape index (κ3) is 3.86. The standard InChI is InChI=1S/C14H25NO2.ClH/c1-2-17-14(16)13-6-4-3-5-12(13)11-7-9-15-10-8-11;/h11-13,15H,2-10H2,1H3;1H. The highest BCUT2D eigenvalue weighted by molar-refractivity contribution is 5.85. The number of piperidine rings is 1. The molecule has 2 fully saturated rings. The maximum atomic E-state index is 12.0. The van der Waals surface area contributed by atoms with Gasteiger partial charge in [0.15, 0.2) is 0 Å². The van der Waals surface area contributed by atoms with Crippen LogP contribution in [-0.4, -0.2) is 25.7 Å². The van der Waals surface area contributed by atoms with Gasteiger partial charge in [0.1, 0.15) is 0 Å². The molecule has 3 nitrogen and oxygen atoms in total. The Bertz CT molecular complexity index is 254. The number of carbonyl (C=O) groups is 1. The number of hydrogen-bond donors (Lipinski definition) is 1.